The van der Waals surface area contributed by atoms with Crippen molar-refractivity contribution in [2.24, 2.45) is 0 Å². The second-order valence-corrected chi connectivity index (χ2v) is 7.36. The Morgan fingerprint density at radius 1 is 1.38 bits per heavy atom. The highest BCUT2D eigenvalue weighted by Crippen LogP contribution is 2.32. The molecule has 126 valence electrons. The number of para-hydroxylation sites is 1. The van der Waals surface area contributed by atoms with Gasteiger partial charge in [-0.25, -0.2) is 4.98 Å². The van der Waals surface area contributed by atoms with Crippen LogP contribution in [-0.4, -0.2) is 28.7 Å². The first kappa shape index (κ1) is 16.8. The summed E-state index contributed by atoms with van der Waals surface area (Å²) in [5, 5.41) is 4.28. The van der Waals surface area contributed by atoms with Crippen LogP contribution in [0.25, 0.3) is 0 Å². The Hall–Kier alpha value is -2.01. The van der Waals surface area contributed by atoms with Crippen molar-refractivity contribution in [2.75, 3.05) is 16.0 Å². The van der Waals surface area contributed by atoms with E-state index in [1.54, 1.807) is 18.0 Å². The molecule has 3 rings (SSSR count). The van der Waals surface area contributed by atoms with E-state index < -0.39 is 0 Å². The summed E-state index contributed by atoms with van der Waals surface area (Å²) in [4.78, 5) is 19.3. The number of benzene rings is 1. The number of nitrogens with one attached hydrogen (secondary N) is 1. The van der Waals surface area contributed by atoms with Crippen LogP contribution in [0, 0.1) is 0 Å². The van der Waals surface area contributed by atoms with Crippen LogP contribution < -0.4 is 10.2 Å². The van der Waals surface area contributed by atoms with Gasteiger partial charge in [0.05, 0.1) is 16.9 Å². The number of carbonyl (C=O) groups excluding carboxylic acids is 1. The fraction of sp³-hybridized carbons (Fsp3) is 0.368. The van der Waals surface area contributed by atoms with Gasteiger partial charge < -0.3 is 10.2 Å². The van der Waals surface area contributed by atoms with E-state index in [1.807, 2.05) is 42.2 Å². The monoisotopic (exact) mass is 341 g/mol. The quantitative estimate of drug-likeness (QED) is 0.836. The van der Waals surface area contributed by atoms with Crippen molar-refractivity contribution in [1.82, 2.24) is 4.98 Å². The molecule has 0 bridgehead atoms. The molecule has 1 aromatic heterocycles. The van der Waals surface area contributed by atoms with E-state index in [9.17, 15) is 4.79 Å². The predicted molar refractivity (Wildman–Crippen MR) is 101 cm³/mol. The van der Waals surface area contributed by atoms with Crippen LogP contribution in [0.1, 0.15) is 26.3 Å². The minimum absolute atomic E-state index is 0.0967. The first-order chi connectivity index (χ1) is 11.6. The minimum Gasteiger partial charge on any atom is -0.373 e. The van der Waals surface area contributed by atoms with E-state index in [-0.39, 0.29) is 18.0 Å². The van der Waals surface area contributed by atoms with Crippen molar-refractivity contribution in [3.05, 3.63) is 48.2 Å². The molecular formula is C19H23N3OS. The lowest BCUT2D eigenvalue weighted by Gasteiger charge is -2.27. The maximum Gasteiger partial charge on any atom is 0.249 e. The number of hydrogen-bond acceptors (Lipinski definition) is 4. The molecule has 1 aromatic carbocycles. The number of fused-ring (bicyclic) bond motifs is 1. The maximum atomic E-state index is 12.9. The molecule has 0 radical (unpaired) electrons. The molecule has 0 saturated heterocycles. The molecule has 1 amide bonds. The van der Waals surface area contributed by atoms with Gasteiger partial charge in [-0.15, -0.1) is 11.8 Å². The Bertz CT molecular complexity index is 717. The summed E-state index contributed by atoms with van der Waals surface area (Å²) < 4.78 is 0. The zero-order valence-electron chi connectivity index (χ0n) is 14.3. The van der Waals surface area contributed by atoms with Crippen molar-refractivity contribution >= 4 is 29.0 Å². The van der Waals surface area contributed by atoms with Crippen molar-refractivity contribution in [2.45, 2.75) is 44.3 Å². The zero-order valence-corrected chi connectivity index (χ0v) is 15.1. The molecule has 2 aromatic rings. The highest BCUT2D eigenvalue weighted by atomic mass is 32.2. The predicted octanol–water partition coefficient (Wildman–Crippen LogP) is 3.97. The average Bonchev–Trinajstić information content (AvgIpc) is 2.92. The summed E-state index contributed by atoms with van der Waals surface area (Å²) in [6.45, 7) is 6.11. The van der Waals surface area contributed by atoms with Crippen LogP contribution in [0.15, 0.2) is 47.6 Å². The van der Waals surface area contributed by atoms with Crippen LogP contribution in [-0.2, 0) is 11.2 Å². The summed E-state index contributed by atoms with van der Waals surface area (Å²) in [7, 11) is 0. The van der Waals surface area contributed by atoms with Crippen LogP contribution >= 0.6 is 11.8 Å². The molecular weight excluding hydrogens is 318 g/mol. The molecule has 0 spiro atoms. The van der Waals surface area contributed by atoms with E-state index in [1.165, 1.54) is 5.56 Å². The SMILES string of the molecule is CCSc1ccc(N[C@@H](C)C(=O)N2c3ccccc3C[C@H]2C)cn1. The van der Waals surface area contributed by atoms with Gasteiger partial charge in [0.15, 0.2) is 0 Å². The Morgan fingerprint density at radius 3 is 2.88 bits per heavy atom. The van der Waals surface area contributed by atoms with E-state index >= 15 is 0 Å². The summed E-state index contributed by atoms with van der Waals surface area (Å²) in [6.07, 6.45) is 2.71. The van der Waals surface area contributed by atoms with Gasteiger partial charge >= 0.3 is 0 Å². The van der Waals surface area contributed by atoms with E-state index in [2.05, 4.69) is 30.2 Å². The fourth-order valence-electron chi connectivity index (χ4n) is 3.12. The minimum atomic E-state index is -0.301. The van der Waals surface area contributed by atoms with Gasteiger partial charge in [-0.2, -0.15) is 0 Å². The van der Waals surface area contributed by atoms with E-state index in [0.29, 0.717) is 0 Å². The number of nitrogens with zero attached hydrogens (tertiary/aromatic N) is 2. The molecule has 5 heteroatoms. The molecule has 2 heterocycles. The van der Waals surface area contributed by atoms with Gasteiger partial charge in [0.25, 0.3) is 0 Å². The highest BCUT2D eigenvalue weighted by molar-refractivity contribution is 7.99. The van der Waals surface area contributed by atoms with E-state index in [4.69, 9.17) is 0 Å². The molecule has 0 saturated carbocycles. The fourth-order valence-corrected chi connectivity index (χ4v) is 3.71. The Kier molecular flexibility index (Phi) is 5.09. The summed E-state index contributed by atoms with van der Waals surface area (Å²) in [5.41, 5.74) is 3.15. The lowest BCUT2D eigenvalue weighted by atomic mass is 10.1. The van der Waals surface area contributed by atoms with Crippen LogP contribution in [0.3, 0.4) is 0 Å². The molecule has 1 aliphatic heterocycles. The number of aromatic nitrogens is 1. The zero-order chi connectivity index (χ0) is 17.1. The molecule has 0 unspecified atom stereocenters. The van der Waals surface area contributed by atoms with Gasteiger partial charge in [-0.05, 0) is 49.8 Å². The molecule has 24 heavy (non-hydrogen) atoms. The van der Waals surface area contributed by atoms with Crippen LogP contribution in [0.2, 0.25) is 0 Å². The first-order valence-electron chi connectivity index (χ1n) is 8.36. The first-order valence-corrected chi connectivity index (χ1v) is 9.35. The number of rotatable bonds is 5. The number of pyridine rings is 1. The maximum absolute atomic E-state index is 12.9. The number of hydrogen-bond donors (Lipinski definition) is 1. The molecule has 1 N–H and O–H groups in total. The van der Waals surface area contributed by atoms with Gasteiger partial charge in [0.2, 0.25) is 5.91 Å². The normalized spacial score (nSPS) is 17.5. The highest BCUT2D eigenvalue weighted by Gasteiger charge is 2.32. The smallest absolute Gasteiger partial charge is 0.249 e. The molecule has 0 aliphatic carbocycles. The van der Waals surface area contributed by atoms with Crippen molar-refractivity contribution in [1.29, 1.82) is 0 Å². The van der Waals surface area contributed by atoms with Crippen molar-refractivity contribution in [3.8, 4) is 0 Å². The summed E-state index contributed by atoms with van der Waals surface area (Å²) in [6, 6.07) is 12.0. The summed E-state index contributed by atoms with van der Waals surface area (Å²) in [5.74, 6) is 1.10. The van der Waals surface area contributed by atoms with Crippen molar-refractivity contribution in [3.63, 3.8) is 0 Å². The molecule has 4 nitrogen and oxygen atoms in total. The summed E-state index contributed by atoms with van der Waals surface area (Å²) >= 11 is 1.71. The van der Waals surface area contributed by atoms with Gasteiger partial charge in [0, 0.05) is 11.7 Å². The number of thioether (sulfide) groups is 1. The third kappa shape index (κ3) is 3.41. The standard InChI is InChI=1S/C19H23N3OS/c1-4-24-18-10-9-16(12-20-18)21-14(3)19(23)22-13(2)11-15-7-5-6-8-17(15)22/h5-10,12-14,21H,4,11H2,1-3H3/t13-,14+/m1/s1. The third-order valence-corrected chi connectivity index (χ3v) is 5.05. The molecule has 2 atom stereocenters. The second kappa shape index (κ2) is 7.26. The lowest BCUT2D eigenvalue weighted by molar-refractivity contribution is -0.119. The van der Waals surface area contributed by atoms with Gasteiger partial charge in [-0.1, -0.05) is 25.1 Å². The third-order valence-electron chi connectivity index (χ3n) is 4.23. The Balaban J connectivity index is 1.71. The van der Waals surface area contributed by atoms with Crippen LogP contribution in [0.4, 0.5) is 11.4 Å². The Labute approximate surface area is 147 Å². The molecule has 0 fully saturated rings. The van der Waals surface area contributed by atoms with Gasteiger partial charge in [0.1, 0.15) is 6.04 Å². The van der Waals surface area contributed by atoms with E-state index in [0.717, 1.165) is 28.6 Å². The lowest BCUT2D eigenvalue weighted by Crippen LogP contribution is -2.44. The van der Waals surface area contributed by atoms with Gasteiger partial charge in [-0.3, -0.25) is 4.79 Å². The number of anilines is 2. The topological polar surface area (TPSA) is 45.2 Å². The second-order valence-electron chi connectivity index (χ2n) is 6.07. The number of amides is 1. The average molecular weight is 341 g/mol. The largest absolute Gasteiger partial charge is 0.373 e. The number of carbonyl (C=O) groups is 1. The van der Waals surface area contributed by atoms with Crippen LogP contribution in [0.5, 0.6) is 0 Å². The molecule has 1 aliphatic rings. The van der Waals surface area contributed by atoms with Crippen molar-refractivity contribution < 1.29 is 4.79 Å². The Morgan fingerprint density at radius 2 is 2.17 bits per heavy atom.